The number of hydrogen-bond acceptors (Lipinski definition) is 4. The van der Waals surface area contributed by atoms with Gasteiger partial charge in [-0.15, -0.1) is 11.3 Å². The Balaban J connectivity index is 1.84. The van der Waals surface area contributed by atoms with Crippen molar-refractivity contribution in [2.75, 3.05) is 13.2 Å². The van der Waals surface area contributed by atoms with E-state index in [1.54, 1.807) is 0 Å². The maximum absolute atomic E-state index is 6.05. The van der Waals surface area contributed by atoms with E-state index >= 15 is 0 Å². The molecular weight excluding hydrogens is 256 g/mol. The fraction of sp³-hybridized carbons (Fsp3) is 0.800. The fourth-order valence-corrected chi connectivity index (χ4v) is 3.98. The molecule has 19 heavy (non-hydrogen) atoms. The Labute approximate surface area is 119 Å². The van der Waals surface area contributed by atoms with Crippen molar-refractivity contribution in [2.45, 2.75) is 64.0 Å². The van der Waals surface area contributed by atoms with Gasteiger partial charge in [-0.1, -0.05) is 6.92 Å². The summed E-state index contributed by atoms with van der Waals surface area (Å²) in [4.78, 5) is 6.41. The Hall–Kier alpha value is -0.450. The Morgan fingerprint density at radius 2 is 2.26 bits per heavy atom. The van der Waals surface area contributed by atoms with Crippen molar-refractivity contribution in [3.63, 3.8) is 0 Å². The highest BCUT2D eigenvalue weighted by molar-refractivity contribution is 7.11. The lowest BCUT2D eigenvalue weighted by Crippen LogP contribution is -2.30. The monoisotopic (exact) mass is 280 g/mol. The third kappa shape index (κ3) is 2.86. The van der Waals surface area contributed by atoms with Gasteiger partial charge in [0.1, 0.15) is 10.6 Å². The molecule has 0 radical (unpaired) electrons. The number of nitrogens with zero attached hydrogens (tertiary/aromatic N) is 1. The van der Waals surface area contributed by atoms with Crippen LogP contribution in [0, 0.1) is 0 Å². The van der Waals surface area contributed by atoms with Crippen LogP contribution in [-0.4, -0.2) is 18.1 Å². The number of thiazole rings is 1. The molecule has 3 rings (SSSR count). The lowest BCUT2D eigenvalue weighted by Gasteiger charge is -2.31. The number of ether oxygens (including phenoxy) is 1. The molecule has 0 spiro atoms. The first-order valence-corrected chi connectivity index (χ1v) is 8.39. The van der Waals surface area contributed by atoms with Crippen molar-refractivity contribution in [1.82, 2.24) is 10.3 Å². The molecule has 4 heteroatoms. The summed E-state index contributed by atoms with van der Waals surface area (Å²) in [6.07, 6.45) is 6.21. The molecule has 1 aliphatic heterocycles. The summed E-state index contributed by atoms with van der Waals surface area (Å²) < 4.78 is 6.05. The van der Waals surface area contributed by atoms with Gasteiger partial charge in [0.2, 0.25) is 0 Å². The van der Waals surface area contributed by atoms with E-state index in [9.17, 15) is 0 Å². The Bertz CT molecular complexity index is 433. The second kappa shape index (κ2) is 5.51. The molecule has 1 unspecified atom stereocenters. The van der Waals surface area contributed by atoms with E-state index in [-0.39, 0.29) is 5.60 Å². The molecule has 106 valence electrons. The van der Waals surface area contributed by atoms with Crippen LogP contribution in [0.5, 0.6) is 0 Å². The van der Waals surface area contributed by atoms with Crippen LogP contribution in [0.15, 0.2) is 0 Å². The smallest absolute Gasteiger partial charge is 0.125 e. The van der Waals surface area contributed by atoms with Gasteiger partial charge in [0.25, 0.3) is 0 Å². The highest BCUT2D eigenvalue weighted by Gasteiger charge is 2.37. The molecule has 1 saturated heterocycles. The van der Waals surface area contributed by atoms with Gasteiger partial charge in [-0.25, -0.2) is 4.98 Å². The second-order valence-corrected chi connectivity index (χ2v) is 7.00. The van der Waals surface area contributed by atoms with Gasteiger partial charge >= 0.3 is 0 Å². The molecule has 1 aliphatic carbocycles. The third-order valence-electron chi connectivity index (χ3n) is 4.15. The molecule has 3 nitrogen and oxygen atoms in total. The lowest BCUT2D eigenvalue weighted by atomic mass is 9.97. The average molecular weight is 280 g/mol. The molecule has 1 saturated carbocycles. The topological polar surface area (TPSA) is 34.1 Å². The maximum atomic E-state index is 6.05. The molecule has 0 aromatic carbocycles. The van der Waals surface area contributed by atoms with Crippen LogP contribution >= 0.6 is 11.3 Å². The lowest BCUT2D eigenvalue weighted by molar-refractivity contribution is -0.0702. The van der Waals surface area contributed by atoms with Crippen LogP contribution in [-0.2, 0) is 16.9 Å². The predicted molar refractivity (Wildman–Crippen MR) is 78.6 cm³/mol. The average Bonchev–Trinajstić information content (AvgIpc) is 3.17. The van der Waals surface area contributed by atoms with Crippen LogP contribution in [0.25, 0.3) is 0 Å². The molecule has 2 aliphatic rings. The van der Waals surface area contributed by atoms with Gasteiger partial charge in [0, 0.05) is 23.9 Å². The second-order valence-electron chi connectivity index (χ2n) is 5.92. The van der Waals surface area contributed by atoms with Crippen molar-refractivity contribution in [3.05, 3.63) is 15.6 Å². The van der Waals surface area contributed by atoms with Crippen molar-refractivity contribution in [2.24, 2.45) is 0 Å². The van der Waals surface area contributed by atoms with Gasteiger partial charge in [0.05, 0.1) is 5.69 Å². The first-order chi connectivity index (χ1) is 9.23. The number of aromatic nitrogens is 1. The molecule has 1 aromatic heterocycles. The number of nitrogens with one attached hydrogen (secondary N) is 1. The largest absolute Gasteiger partial charge is 0.368 e. The minimum atomic E-state index is -0.128. The molecule has 0 bridgehead atoms. The van der Waals surface area contributed by atoms with E-state index in [1.807, 2.05) is 11.3 Å². The minimum absolute atomic E-state index is 0.128. The summed E-state index contributed by atoms with van der Waals surface area (Å²) in [7, 11) is 0. The molecule has 0 amide bonds. The van der Waals surface area contributed by atoms with Crippen LogP contribution in [0.3, 0.4) is 0 Å². The molecule has 2 heterocycles. The Morgan fingerprint density at radius 3 is 2.89 bits per heavy atom. The first kappa shape index (κ1) is 13.5. The van der Waals surface area contributed by atoms with Gasteiger partial charge < -0.3 is 10.1 Å². The molecule has 1 atom stereocenters. The van der Waals surface area contributed by atoms with E-state index < -0.39 is 0 Å². The van der Waals surface area contributed by atoms with E-state index in [1.165, 1.54) is 41.3 Å². The van der Waals surface area contributed by atoms with E-state index in [2.05, 4.69) is 19.2 Å². The summed E-state index contributed by atoms with van der Waals surface area (Å²) >= 11 is 1.87. The molecule has 1 N–H and O–H groups in total. The van der Waals surface area contributed by atoms with Crippen LogP contribution < -0.4 is 5.32 Å². The van der Waals surface area contributed by atoms with Crippen molar-refractivity contribution in [3.8, 4) is 0 Å². The summed E-state index contributed by atoms with van der Waals surface area (Å²) in [5.41, 5.74) is 1.23. The zero-order valence-electron chi connectivity index (χ0n) is 12.0. The molecule has 2 fully saturated rings. The summed E-state index contributed by atoms with van der Waals surface area (Å²) in [6.45, 7) is 7.25. The van der Waals surface area contributed by atoms with Crippen molar-refractivity contribution >= 4 is 11.3 Å². The third-order valence-corrected chi connectivity index (χ3v) is 5.46. The fourth-order valence-electron chi connectivity index (χ4n) is 2.73. The van der Waals surface area contributed by atoms with Gasteiger partial charge in [0.15, 0.2) is 0 Å². The normalized spacial score (nSPS) is 27.7. The standard InChI is InChI=1S/C15H24N2OS/c1-3-16-10-12-13(11-6-7-11)17-14(19-12)15(2)8-4-5-9-18-15/h11,16H,3-10H2,1-2H3. The minimum Gasteiger partial charge on any atom is -0.368 e. The van der Waals surface area contributed by atoms with Gasteiger partial charge in [-0.3, -0.25) is 0 Å². The van der Waals surface area contributed by atoms with Crippen LogP contribution in [0.2, 0.25) is 0 Å². The van der Waals surface area contributed by atoms with Crippen molar-refractivity contribution in [1.29, 1.82) is 0 Å². The quantitative estimate of drug-likeness (QED) is 0.895. The zero-order valence-corrected chi connectivity index (χ0v) is 12.8. The van der Waals surface area contributed by atoms with E-state index in [4.69, 9.17) is 9.72 Å². The highest BCUT2D eigenvalue weighted by atomic mass is 32.1. The van der Waals surface area contributed by atoms with Crippen molar-refractivity contribution < 1.29 is 4.74 Å². The Kier molecular flexibility index (Phi) is 3.92. The number of hydrogen-bond donors (Lipinski definition) is 1. The molecule has 1 aromatic rings. The van der Waals surface area contributed by atoms with E-state index in [0.717, 1.165) is 32.0 Å². The van der Waals surface area contributed by atoms with Gasteiger partial charge in [-0.05, 0) is 45.6 Å². The van der Waals surface area contributed by atoms with Crippen LogP contribution in [0.1, 0.15) is 67.4 Å². The summed E-state index contributed by atoms with van der Waals surface area (Å²) in [5.74, 6) is 0.728. The first-order valence-electron chi connectivity index (χ1n) is 7.57. The highest BCUT2D eigenvalue weighted by Crippen LogP contribution is 2.45. The zero-order chi connectivity index (χ0) is 13.3. The summed E-state index contributed by atoms with van der Waals surface area (Å²) in [5, 5.41) is 4.66. The van der Waals surface area contributed by atoms with E-state index in [0.29, 0.717) is 0 Å². The SMILES string of the molecule is CCNCc1sc(C2(C)CCCCO2)nc1C1CC1. The van der Waals surface area contributed by atoms with Crippen LogP contribution in [0.4, 0.5) is 0 Å². The maximum Gasteiger partial charge on any atom is 0.125 e. The summed E-state index contributed by atoms with van der Waals surface area (Å²) in [6, 6.07) is 0. The van der Waals surface area contributed by atoms with Gasteiger partial charge in [-0.2, -0.15) is 0 Å². The number of rotatable bonds is 5. The Morgan fingerprint density at radius 1 is 1.42 bits per heavy atom. The molecular formula is C15H24N2OS. The predicted octanol–water partition coefficient (Wildman–Crippen LogP) is 3.55.